The topological polar surface area (TPSA) is 3.24 Å². The second-order valence-corrected chi connectivity index (χ2v) is 23.6. The van der Waals surface area contributed by atoms with Crippen molar-refractivity contribution in [2.75, 3.05) is 4.90 Å². The van der Waals surface area contributed by atoms with Gasteiger partial charge in [0, 0.05) is 17.1 Å². The van der Waals surface area contributed by atoms with E-state index in [-0.39, 0.29) is 0 Å². The van der Waals surface area contributed by atoms with E-state index in [1.807, 2.05) is 0 Å². The lowest BCUT2D eigenvalue weighted by Gasteiger charge is -2.28. The zero-order valence-electron chi connectivity index (χ0n) is 52.9. The number of nitrogens with zero attached hydrogens (tertiary/aromatic N) is 1. The van der Waals surface area contributed by atoms with Crippen LogP contribution in [0.15, 0.2) is 328 Å². The molecule has 0 saturated carbocycles. The van der Waals surface area contributed by atoms with Gasteiger partial charge in [0.2, 0.25) is 0 Å². The van der Waals surface area contributed by atoms with Crippen LogP contribution in [0.1, 0.15) is 83.5 Å². The molecule has 0 heterocycles. The van der Waals surface area contributed by atoms with Gasteiger partial charge in [-0.05, 0) is 211 Å². The molecule has 0 amide bonds. The number of anilines is 3. The summed E-state index contributed by atoms with van der Waals surface area (Å²) >= 11 is 0. The molecule has 12 aromatic carbocycles. The van der Waals surface area contributed by atoms with Crippen molar-refractivity contribution in [1.29, 1.82) is 0 Å². The molecule has 0 N–H and O–H groups in total. The maximum Gasteiger partial charge on any atom is 0.0464 e. The summed E-state index contributed by atoms with van der Waals surface area (Å²) in [4.78, 5) is 2.43. The second-order valence-electron chi connectivity index (χ2n) is 23.6. The predicted octanol–water partition coefficient (Wildman–Crippen LogP) is 24.4. The summed E-state index contributed by atoms with van der Waals surface area (Å²) in [6.07, 6.45) is 19.8. The maximum absolute atomic E-state index is 2.43. The fraction of sp³-hybridized carbons (Fsp3) is 0.0667. The molecule has 0 fully saturated rings. The Balaban J connectivity index is 0.851. The minimum absolute atomic E-state index is 1.10. The number of hydrogen-bond donors (Lipinski definition) is 0. The van der Waals surface area contributed by atoms with Crippen molar-refractivity contribution < 1.29 is 0 Å². The van der Waals surface area contributed by atoms with Crippen molar-refractivity contribution in [3.8, 4) is 33.4 Å². The normalized spacial score (nSPS) is 11.3. The monoisotopic (exact) mass is 1170 g/mol. The zero-order chi connectivity index (χ0) is 62.5. The van der Waals surface area contributed by atoms with Crippen LogP contribution < -0.4 is 4.90 Å². The first kappa shape index (κ1) is 60.2. The minimum atomic E-state index is 1.10. The number of allylic oxidation sites excluding steroid dienone is 6. The maximum atomic E-state index is 2.43. The average Bonchev–Trinajstić information content (AvgIpc) is 0.910. The summed E-state index contributed by atoms with van der Waals surface area (Å²) in [6.45, 7) is 13.4. The van der Waals surface area contributed by atoms with Gasteiger partial charge in [-0.15, -0.1) is 0 Å². The third-order valence-electron chi connectivity index (χ3n) is 17.2. The van der Waals surface area contributed by atoms with Gasteiger partial charge in [0.15, 0.2) is 0 Å². The molecule has 12 aromatic rings. The number of benzene rings is 12. The van der Waals surface area contributed by atoms with Crippen LogP contribution in [0.2, 0.25) is 0 Å². The van der Waals surface area contributed by atoms with Crippen LogP contribution >= 0.6 is 0 Å². The zero-order valence-corrected chi connectivity index (χ0v) is 52.9. The lowest BCUT2D eigenvalue weighted by atomic mass is 9.93. The van der Waals surface area contributed by atoms with Crippen LogP contribution in [0.4, 0.5) is 17.1 Å². The van der Waals surface area contributed by atoms with E-state index in [9.17, 15) is 0 Å². The Morgan fingerprint density at radius 3 is 0.615 bits per heavy atom. The lowest BCUT2D eigenvalue weighted by Crippen LogP contribution is -2.11. The van der Waals surface area contributed by atoms with E-state index in [0.29, 0.717) is 0 Å². The Labute approximate surface area is 539 Å². The van der Waals surface area contributed by atoms with Crippen molar-refractivity contribution in [3.05, 3.63) is 411 Å². The van der Waals surface area contributed by atoms with Crippen LogP contribution in [0.3, 0.4) is 0 Å². The molecule has 0 aliphatic rings. The van der Waals surface area contributed by atoms with Gasteiger partial charge in [-0.3, -0.25) is 0 Å². The van der Waals surface area contributed by atoms with Crippen LogP contribution in [0.5, 0.6) is 0 Å². The Bertz CT molecular complexity index is 4090. The van der Waals surface area contributed by atoms with Crippen molar-refractivity contribution >= 4 is 52.0 Å². The molecule has 0 aromatic heterocycles. The molecule has 0 radical (unpaired) electrons. The van der Waals surface area contributed by atoms with E-state index < -0.39 is 0 Å². The first-order chi connectivity index (χ1) is 44.6. The molecule has 0 bridgehead atoms. The Hall–Kier alpha value is -11.1. The lowest BCUT2D eigenvalue weighted by molar-refractivity contribution is 1.25. The standard InChI is InChI=1S/C90H75N/c1-64-58-70(28-25-43-88(73-31-13-7-14-32-73)74-33-15-8-16-34-74)46-52-82(64)85-55-49-79(61-67(85)4)91(80-50-56-86(68(5)62-80)83-53-47-71(59-65(83)2)29-26-44-89(75-35-17-9-18-36-75)76-37-19-10-20-38-76)81-51-57-87(69(6)63-81)84-54-48-72(60-66(84)3)30-27-45-90(77-39-21-11-22-40-77)78-41-23-12-24-42-78/h7-63H,1-6H3/b28-25+,29-26+,30-27+. The van der Waals surface area contributed by atoms with Crippen molar-refractivity contribution in [2.24, 2.45) is 0 Å². The summed E-state index contributed by atoms with van der Waals surface area (Å²) in [5, 5.41) is 0. The highest BCUT2D eigenvalue weighted by Crippen LogP contribution is 2.42. The van der Waals surface area contributed by atoms with E-state index in [2.05, 4.69) is 392 Å². The third-order valence-corrected chi connectivity index (χ3v) is 17.2. The van der Waals surface area contributed by atoms with Crippen LogP contribution in [-0.4, -0.2) is 0 Å². The Morgan fingerprint density at radius 2 is 0.418 bits per heavy atom. The number of rotatable bonds is 18. The van der Waals surface area contributed by atoms with Crippen molar-refractivity contribution in [2.45, 2.75) is 41.5 Å². The molecule has 91 heavy (non-hydrogen) atoms. The molecule has 0 spiro atoms. The fourth-order valence-electron chi connectivity index (χ4n) is 12.5. The van der Waals surface area contributed by atoms with Gasteiger partial charge in [-0.25, -0.2) is 0 Å². The summed E-state index contributed by atoms with van der Waals surface area (Å²) in [6, 6.07) is 105. The van der Waals surface area contributed by atoms with E-state index >= 15 is 0 Å². The van der Waals surface area contributed by atoms with Gasteiger partial charge in [-0.1, -0.05) is 309 Å². The van der Waals surface area contributed by atoms with E-state index in [1.165, 1.54) is 117 Å². The summed E-state index contributed by atoms with van der Waals surface area (Å²) < 4.78 is 0. The molecule has 0 atom stereocenters. The van der Waals surface area contributed by atoms with Crippen LogP contribution in [-0.2, 0) is 0 Å². The summed E-state index contributed by atoms with van der Waals surface area (Å²) in [5.41, 5.74) is 32.2. The number of aryl methyl sites for hydroxylation is 6. The fourth-order valence-corrected chi connectivity index (χ4v) is 12.5. The second kappa shape index (κ2) is 28.4. The smallest absolute Gasteiger partial charge is 0.0464 e. The molecule has 0 aliphatic carbocycles. The van der Waals surface area contributed by atoms with Gasteiger partial charge in [0.1, 0.15) is 0 Å². The highest BCUT2D eigenvalue weighted by atomic mass is 15.1. The molecular weight excluding hydrogens is 1090 g/mol. The summed E-state index contributed by atoms with van der Waals surface area (Å²) in [5.74, 6) is 0. The SMILES string of the molecule is Cc1cc(/C=C/C=C(c2ccccc2)c2ccccc2)ccc1-c1ccc(N(c2ccc(-c3ccc(/C=C/C=C(c4ccccc4)c4ccccc4)cc3C)c(C)c2)c2ccc(-c3ccc(/C=C/C=C(c4ccccc4)c4ccccc4)cc3C)c(C)c2)cc1C. The van der Waals surface area contributed by atoms with Gasteiger partial charge in [-0.2, -0.15) is 0 Å². The van der Waals surface area contributed by atoms with Crippen LogP contribution in [0.25, 0.3) is 68.3 Å². The minimum Gasteiger partial charge on any atom is -0.310 e. The molecular formula is C90H75N. The van der Waals surface area contributed by atoms with Gasteiger partial charge in [0.25, 0.3) is 0 Å². The molecule has 0 unspecified atom stereocenters. The molecule has 1 heteroatoms. The first-order valence-corrected chi connectivity index (χ1v) is 31.5. The van der Waals surface area contributed by atoms with Crippen molar-refractivity contribution in [3.63, 3.8) is 0 Å². The Kier molecular flexibility index (Phi) is 18.8. The van der Waals surface area contributed by atoms with Crippen molar-refractivity contribution in [1.82, 2.24) is 0 Å². The number of hydrogen-bond acceptors (Lipinski definition) is 1. The molecule has 440 valence electrons. The van der Waals surface area contributed by atoms with Gasteiger partial charge < -0.3 is 4.90 Å². The Morgan fingerprint density at radius 1 is 0.220 bits per heavy atom. The molecule has 1 nitrogen and oxygen atoms in total. The molecule has 0 saturated heterocycles. The quantitative estimate of drug-likeness (QED) is 0.0774. The van der Waals surface area contributed by atoms with Gasteiger partial charge in [0.05, 0.1) is 0 Å². The van der Waals surface area contributed by atoms with Gasteiger partial charge >= 0.3 is 0 Å². The van der Waals surface area contributed by atoms with E-state index in [0.717, 1.165) is 33.8 Å². The first-order valence-electron chi connectivity index (χ1n) is 31.5. The third kappa shape index (κ3) is 14.2. The largest absolute Gasteiger partial charge is 0.310 e. The molecule has 0 aliphatic heterocycles. The van der Waals surface area contributed by atoms with Crippen LogP contribution in [0, 0.1) is 41.5 Å². The average molecular weight is 1170 g/mol. The molecule has 12 rings (SSSR count). The highest BCUT2D eigenvalue weighted by molar-refractivity contribution is 5.87. The summed E-state index contributed by atoms with van der Waals surface area (Å²) in [7, 11) is 0. The predicted molar refractivity (Wildman–Crippen MR) is 393 cm³/mol. The van der Waals surface area contributed by atoms with E-state index in [1.54, 1.807) is 0 Å². The highest BCUT2D eigenvalue weighted by Gasteiger charge is 2.19. The van der Waals surface area contributed by atoms with E-state index in [4.69, 9.17) is 0 Å².